The van der Waals surface area contributed by atoms with Crippen molar-refractivity contribution < 1.29 is 4.79 Å². The Morgan fingerprint density at radius 3 is 2.87 bits per heavy atom. The number of rotatable bonds is 4. The van der Waals surface area contributed by atoms with Crippen LogP contribution >= 0.6 is 0 Å². The lowest BCUT2D eigenvalue weighted by molar-refractivity contribution is -0.120. The molecule has 0 spiro atoms. The molecule has 0 saturated carbocycles. The molecule has 1 rings (SSSR count). The number of H-pyrrole nitrogens is 1. The van der Waals surface area contributed by atoms with Gasteiger partial charge >= 0.3 is 0 Å². The summed E-state index contributed by atoms with van der Waals surface area (Å²) in [5, 5.41) is 17.7. The Kier molecular flexibility index (Phi) is 3.86. The lowest BCUT2D eigenvalue weighted by Gasteiger charge is -2.11. The summed E-state index contributed by atoms with van der Waals surface area (Å²) in [5.41, 5.74) is 0.356. The van der Waals surface area contributed by atoms with Crippen molar-refractivity contribution in [2.24, 2.45) is 5.92 Å². The molecule has 0 fully saturated rings. The lowest BCUT2D eigenvalue weighted by atomic mass is 10.0. The normalized spacial score (nSPS) is 10.0. The van der Waals surface area contributed by atoms with Gasteiger partial charge in [-0.1, -0.05) is 13.8 Å². The second-order valence-electron chi connectivity index (χ2n) is 3.27. The van der Waals surface area contributed by atoms with Gasteiger partial charge in [0.05, 0.1) is 6.20 Å². The highest BCUT2D eigenvalue weighted by molar-refractivity contribution is 5.92. The SMILES string of the molecule is CCC(CC)C(=O)Nc1[nH]ncc1C#N. The number of carbonyl (C=O) groups excluding carboxylic acids is 1. The number of anilines is 1. The third-order valence-corrected chi connectivity index (χ3v) is 2.36. The molecule has 1 aromatic rings. The maximum atomic E-state index is 11.7. The maximum Gasteiger partial charge on any atom is 0.228 e. The monoisotopic (exact) mass is 206 g/mol. The van der Waals surface area contributed by atoms with Gasteiger partial charge in [0.2, 0.25) is 5.91 Å². The van der Waals surface area contributed by atoms with Crippen LogP contribution in [0.5, 0.6) is 0 Å². The van der Waals surface area contributed by atoms with Crippen molar-refractivity contribution in [3.05, 3.63) is 11.8 Å². The second-order valence-corrected chi connectivity index (χ2v) is 3.27. The van der Waals surface area contributed by atoms with E-state index < -0.39 is 0 Å². The van der Waals surface area contributed by atoms with Gasteiger partial charge in [0.25, 0.3) is 0 Å². The fourth-order valence-electron chi connectivity index (χ4n) is 1.35. The Balaban J connectivity index is 2.70. The summed E-state index contributed by atoms with van der Waals surface area (Å²) in [5.74, 6) is 0.301. The third kappa shape index (κ3) is 2.56. The van der Waals surface area contributed by atoms with Crippen LogP contribution in [0.3, 0.4) is 0 Å². The van der Waals surface area contributed by atoms with Gasteiger partial charge in [0.1, 0.15) is 17.5 Å². The average Bonchev–Trinajstić information content (AvgIpc) is 2.67. The molecule has 1 heterocycles. The molecule has 0 aliphatic rings. The van der Waals surface area contributed by atoms with Crippen molar-refractivity contribution in [2.45, 2.75) is 26.7 Å². The smallest absolute Gasteiger partial charge is 0.228 e. The summed E-state index contributed by atoms with van der Waals surface area (Å²) in [6.07, 6.45) is 2.97. The molecule has 1 aromatic heterocycles. The molecule has 15 heavy (non-hydrogen) atoms. The molecular weight excluding hydrogens is 192 g/mol. The molecule has 0 atom stereocenters. The first kappa shape index (κ1) is 11.2. The summed E-state index contributed by atoms with van der Waals surface area (Å²) in [6, 6.07) is 1.95. The van der Waals surface area contributed by atoms with Crippen molar-refractivity contribution >= 4 is 11.7 Å². The molecule has 5 heteroatoms. The van der Waals surface area contributed by atoms with E-state index in [1.807, 2.05) is 19.9 Å². The first-order valence-corrected chi connectivity index (χ1v) is 4.97. The zero-order chi connectivity index (χ0) is 11.3. The van der Waals surface area contributed by atoms with Crippen LogP contribution in [0.25, 0.3) is 0 Å². The Hall–Kier alpha value is -1.83. The van der Waals surface area contributed by atoms with E-state index in [0.717, 1.165) is 12.8 Å². The third-order valence-electron chi connectivity index (χ3n) is 2.36. The molecule has 0 aliphatic heterocycles. The van der Waals surface area contributed by atoms with Crippen LogP contribution in [0.4, 0.5) is 5.82 Å². The van der Waals surface area contributed by atoms with Gasteiger partial charge in [-0.25, -0.2) is 0 Å². The van der Waals surface area contributed by atoms with Gasteiger partial charge in [-0.05, 0) is 12.8 Å². The Labute approximate surface area is 88.5 Å². The Morgan fingerprint density at radius 1 is 1.67 bits per heavy atom. The maximum absolute atomic E-state index is 11.7. The molecule has 80 valence electrons. The lowest BCUT2D eigenvalue weighted by Crippen LogP contribution is -2.22. The highest BCUT2D eigenvalue weighted by atomic mass is 16.1. The fraction of sp³-hybridized carbons (Fsp3) is 0.500. The molecule has 0 aliphatic carbocycles. The number of nitrogens with zero attached hydrogens (tertiary/aromatic N) is 2. The summed E-state index contributed by atoms with van der Waals surface area (Å²) >= 11 is 0. The minimum Gasteiger partial charge on any atom is -0.310 e. The predicted molar refractivity (Wildman–Crippen MR) is 56.0 cm³/mol. The summed E-state index contributed by atoms with van der Waals surface area (Å²) in [4.78, 5) is 11.7. The molecule has 0 unspecified atom stereocenters. The van der Waals surface area contributed by atoms with Crippen molar-refractivity contribution in [2.75, 3.05) is 5.32 Å². The first-order valence-electron chi connectivity index (χ1n) is 4.97. The highest BCUT2D eigenvalue weighted by Gasteiger charge is 2.16. The first-order chi connectivity index (χ1) is 7.22. The summed E-state index contributed by atoms with van der Waals surface area (Å²) in [6.45, 7) is 3.93. The van der Waals surface area contributed by atoms with Crippen molar-refractivity contribution in [3.8, 4) is 6.07 Å². The van der Waals surface area contributed by atoms with Crippen molar-refractivity contribution in [1.29, 1.82) is 5.26 Å². The number of amides is 1. The minimum atomic E-state index is -0.0687. The van der Waals surface area contributed by atoms with E-state index in [-0.39, 0.29) is 11.8 Å². The zero-order valence-corrected chi connectivity index (χ0v) is 8.87. The molecule has 5 nitrogen and oxygen atoms in total. The molecule has 2 N–H and O–H groups in total. The molecular formula is C10H14N4O. The molecule has 0 saturated heterocycles. The highest BCUT2D eigenvalue weighted by Crippen LogP contribution is 2.14. The van der Waals surface area contributed by atoms with E-state index in [1.54, 1.807) is 0 Å². The molecule has 1 amide bonds. The van der Waals surface area contributed by atoms with Gasteiger partial charge in [-0.2, -0.15) is 10.4 Å². The Bertz CT molecular complexity index is 373. The molecule has 0 radical (unpaired) electrons. The number of nitrogens with one attached hydrogen (secondary N) is 2. The number of nitriles is 1. The average molecular weight is 206 g/mol. The molecule has 0 bridgehead atoms. The quantitative estimate of drug-likeness (QED) is 0.785. The number of carbonyl (C=O) groups is 1. The second kappa shape index (κ2) is 5.15. The van der Waals surface area contributed by atoms with Crippen molar-refractivity contribution in [1.82, 2.24) is 10.2 Å². The number of aromatic amines is 1. The molecule has 0 aromatic carbocycles. The van der Waals surface area contributed by atoms with Crippen molar-refractivity contribution in [3.63, 3.8) is 0 Å². The van der Waals surface area contributed by atoms with E-state index in [9.17, 15) is 4.79 Å². The largest absolute Gasteiger partial charge is 0.310 e. The van der Waals surface area contributed by atoms with Crippen LogP contribution in [0.1, 0.15) is 32.3 Å². The Morgan fingerprint density at radius 2 is 2.33 bits per heavy atom. The van der Waals surface area contributed by atoms with Crippen LogP contribution in [0.15, 0.2) is 6.20 Å². The number of aromatic nitrogens is 2. The van der Waals surface area contributed by atoms with E-state index in [0.29, 0.717) is 11.4 Å². The van der Waals surface area contributed by atoms with Crippen LogP contribution in [-0.4, -0.2) is 16.1 Å². The summed E-state index contributed by atoms with van der Waals surface area (Å²) < 4.78 is 0. The minimum absolute atomic E-state index is 0.0140. The van der Waals surface area contributed by atoms with Crippen LogP contribution in [0, 0.1) is 17.2 Å². The van der Waals surface area contributed by atoms with Gasteiger partial charge in [-0.15, -0.1) is 0 Å². The van der Waals surface area contributed by atoms with Crippen LogP contribution in [-0.2, 0) is 4.79 Å². The fourth-order valence-corrected chi connectivity index (χ4v) is 1.35. The zero-order valence-electron chi connectivity index (χ0n) is 8.87. The van der Waals surface area contributed by atoms with E-state index in [2.05, 4.69) is 15.5 Å². The summed E-state index contributed by atoms with van der Waals surface area (Å²) in [7, 11) is 0. The van der Waals surface area contributed by atoms with E-state index in [1.165, 1.54) is 6.20 Å². The van der Waals surface area contributed by atoms with E-state index in [4.69, 9.17) is 5.26 Å². The van der Waals surface area contributed by atoms with Crippen LogP contribution < -0.4 is 5.32 Å². The van der Waals surface area contributed by atoms with Crippen LogP contribution in [0.2, 0.25) is 0 Å². The van der Waals surface area contributed by atoms with Gasteiger partial charge in [-0.3, -0.25) is 9.89 Å². The van der Waals surface area contributed by atoms with E-state index >= 15 is 0 Å². The number of hydrogen-bond donors (Lipinski definition) is 2. The predicted octanol–water partition coefficient (Wildman–Crippen LogP) is 1.66. The topological polar surface area (TPSA) is 81.6 Å². The standard InChI is InChI=1S/C10H14N4O/c1-3-7(4-2)10(15)13-9-8(5-11)6-12-14-9/h6-7H,3-4H2,1-2H3,(H2,12,13,14,15). The van der Waals surface area contributed by atoms with Gasteiger partial charge < -0.3 is 5.32 Å². The van der Waals surface area contributed by atoms with Gasteiger partial charge in [0.15, 0.2) is 0 Å². The van der Waals surface area contributed by atoms with Gasteiger partial charge in [0, 0.05) is 5.92 Å². The number of hydrogen-bond acceptors (Lipinski definition) is 3.